The van der Waals surface area contributed by atoms with Gasteiger partial charge in [0, 0.05) is 0 Å². The van der Waals surface area contributed by atoms with Gasteiger partial charge in [-0.2, -0.15) is 0 Å². The molecule has 0 radical (unpaired) electrons. The minimum Gasteiger partial charge on any atom is -0.394 e. The third kappa shape index (κ3) is 2.34. The molecule has 1 aromatic rings. The summed E-state index contributed by atoms with van der Waals surface area (Å²) >= 11 is 1.29. The van der Waals surface area contributed by atoms with Gasteiger partial charge in [-0.05, 0) is 6.42 Å². The van der Waals surface area contributed by atoms with Gasteiger partial charge < -0.3 is 21.3 Å². The molecule has 0 saturated carbocycles. The second-order valence-corrected chi connectivity index (χ2v) is 4.21. The highest BCUT2D eigenvalue weighted by atomic mass is 32.1. The van der Waals surface area contributed by atoms with E-state index in [1.54, 1.807) is 6.20 Å². The molecule has 14 heavy (non-hydrogen) atoms. The fraction of sp³-hybridized carbons (Fsp3) is 0.625. The summed E-state index contributed by atoms with van der Waals surface area (Å²) in [6, 6.07) is 0. The van der Waals surface area contributed by atoms with E-state index < -0.39 is 5.54 Å². The van der Waals surface area contributed by atoms with Crippen molar-refractivity contribution >= 4 is 21.5 Å². The lowest BCUT2D eigenvalue weighted by atomic mass is 9.99. The van der Waals surface area contributed by atoms with E-state index in [1.807, 2.05) is 6.92 Å². The molecule has 0 spiro atoms. The number of anilines is 2. The van der Waals surface area contributed by atoms with Crippen LogP contribution < -0.4 is 11.1 Å². The smallest absolute Gasteiger partial charge is 0.185 e. The molecule has 1 heterocycles. The first-order valence-corrected chi connectivity index (χ1v) is 5.18. The SMILES string of the molecule is CCC(CO)(CO)Nc1ncc(N)s1. The number of nitrogens with zero attached hydrogens (tertiary/aromatic N) is 1. The summed E-state index contributed by atoms with van der Waals surface area (Å²) in [5, 5.41) is 22.5. The number of aromatic nitrogens is 1. The van der Waals surface area contributed by atoms with Crippen LogP contribution in [0, 0.1) is 0 Å². The third-order valence-corrected chi connectivity index (χ3v) is 2.92. The van der Waals surface area contributed by atoms with Crippen LogP contribution in [0.5, 0.6) is 0 Å². The molecule has 0 aromatic carbocycles. The van der Waals surface area contributed by atoms with E-state index in [-0.39, 0.29) is 13.2 Å². The number of thiazole rings is 1. The molecule has 0 fully saturated rings. The predicted octanol–water partition coefficient (Wildman–Crippen LogP) is 0.271. The maximum Gasteiger partial charge on any atom is 0.185 e. The van der Waals surface area contributed by atoms with Crippen molar-refractivity contribution in [3.8, 4) is 0 Å². The molecule has 0 bridgehead atoms. The molecule has 0 aliphatic heterocycles. The van der Waals surface area contributed by atoms with E-state index in [0.29, 0.717) is 16.6 Å². The zero-order chi connectivity index (χ0) is 10.6. The second-order valence-electron chi connectivity index (χ2n) is 3.14. The Morgan fingerprint density at radius 1 is 1.57 bits per heavy atom. The number of nitrogen functional groups attached to an aromatic ring is 1. The molecule has 0 aliphatic carbocycles. The monoisotopic (exact) mass is 217 g/mol. The first-order chi connectivity index (χ1) is 6.65. The number of aliphatic hydroxyl groups excluding tert-OH is 2. The largest absolute Gasteiger partial charge is 0.394 e. The van der Waals surface area contributed by atoms with Gasteiger partial charge in [0.15, 0.2) is 5.13 Å². The fourth-order valence-corrected chi connectivity index (χ4v) is 1.71. The average Bonchev–Trinajstić information content (AvgIpc) is 2.61. The highest BCUT2D eigenvalue weighted by Gasteiger charge is 2.27. The number of nitrogens with two attached hydrogens (primary N) is 1. The third-order valence-electron chi connectivity index (χ3n) is 2.18. The molecule has 1 aromatic heterocycles. The van der Waals surface area contributed by atoms with Crippen LogP contribution in [-0.4, -0.2) is 33.9 Å². The molecule has 0 aliphatic rings. The van der Waals surface area contributed by atoms with Crippen LogP contribution >= 0.6 is 11.3 Å². The number of hydrogen-bond acceptors (Lipinski definition) is 6. The highest BCUT2D eigenvalue weighted by molar-refractivity contribution is 7.19. The molecule has 5 nitrogen and oxygen atoms in total. The Morgan fingerprint density at radius 3 is 2.57 bits per heavy atom. The Morgan fingerprint density at radius 2 is 2.21 bits per heavy atom. The van der Waals surface area contributed by atoms with Crippen LogP contribution in [0.1, 0.15) is 13.3 Å². The first-order valence-electron chi connectivity index (χ1n) is 4.37. The summed E-state index contributed by atoms with van der Waals surface area (Å²) in [4.78, 5) is 4.00. The minimum atomic E-state index is -0.704. The maximum absolute atomic E-state index is 9.17. The Balaban J connectivity index is 2.73. The Hall–Kier alpha value is -0.850. The Bertz CT molecular complexity index is 278. The second kappa shape index (κ2) is 4.59. The van der Waals surface area contributed by atoms with Gasteiger partial charge in [0.25, 0.3) is 0 Å². The van der Waals surface area contributed by atoms with Gasteiger partial charge in [-0.15, -0.1) is 0 Å². The standard InChI is InChI=1S/C8H15N3O2S/c1-2-8(4-12,5-13)11-7-10-3-6(9)14-7/h3,12-13H,2,4-5,9H2,1H3,(H,10,11). The van der Waals surface area contributed by atoms with Crippen molar-refractivity contribution in [1.82, 2.24) is 4.98 Å². The van der Waals surface area contributed by atoms with Crippen LogP contribution in [0.25, 0.3) is 0 Å². The Kier molecular flexibility index (Phi) is 3.68. The summed E-state index contributed by atoms with van der Waals surface area (Å²) in [5.74, 6) is 0. The number of nitrogens with one attached hydrogen (secondary N) is 1. The molecule has 1 rings (SSSR count). The van der Waals surface area contributed by atoms with Gasteiger partial charge in [-0.25, -0.2) is 4.98 Å². The number of rotatable bonds is 5. The van der Waals surface area contributed by atoms with Gasteiger partial charge in [0.2, 0.25) is 0 Å². The molecule has 5 N–H and O–H groups in total. The lowest BCUT2D eigenvalue weighted by Gasteiger charge is -2.29. The highest BCUT2D eigenvalue weighted by Crippen LogP contribution is 2.24. The van der Waals surface area contributed by atoms with Crippen LogP contribution in [0.15, 0.2) is 6.20 Å². The van der Waals surface area contributed by atoms with Crippen LogP contribution in [0.4, 0.5) is 10.1 Å². The van der Waals surface area contributed by atoms with E-state index in [1.165, 1.54) is 11.3 Å². The molecule has 0 unspecified atom stereocenters. The van der Waals surface area contributed by atoms with Gasteiger partial charge in [0.1, 0.15) is 5.00 Å². The fourth-order valence-electron chi connectivity index (χ4n) is 1.01. The predicted molar refractivity (Wildman–Crippen MR) is 57.3 cm³/mol. The van der Waals surface area contributed by atoms with E-state index in [0.717, 1.165) is 0 Å². The van der Waals surface area contributed by atoms with Crippen molar-refractivity contribution in [1.29, 1.82) is 0 Å². The molecule has 6 heteroatoms. The summed E-state index contributed by atoms with van der Waals surface area (Å²) in [5.41, 5.74) is 4.81. The van der Waals surface area contributed by atoms with E-state index in [9.17, 15) is 0 Å². The summed E-state index contributed by atoms with van der Waals surface area (Å²) < 4.78 is 0. The van der Waals surface area contributed by atoms with Gasteiger partial charge in [-0.1, -0.05) is 18.3 Å². The minimum absolute atomic E-state index is 0.139. The number of aliphatic hydroxyl groups is 2. The van der Waals surface area contributed by atoms with Crippen LogP contribution in [-0.2, 0) is 0 Å². The molecular weight excluding hydrogens is 202 g/mol. The van der Waals surface area contributed by atoms with Crippen molar-refractivity contribution in [2.75, 3.05) is 24.3 Å². The van der Waals surface area contributed by atoms with Crippen LogP contribution in [0.3, 0.4) is 0 Å². The van der Waals surface area contributed by atoms with Gasteiger partial charge >= 0.3 is 0 Å². The van der Waals surface area contributed by atoms with E-state index in [4.69, 9.17) is 15.9 Å². The van der Waals surface area contributed by atoms with Crippen molar-refractivity contribution < 1.29 is 10.2 Å². The van der Waals surface area contributed by atoms with Crippen molar-refractivity contribution in [3.05, 3.63) is 6.20 Å². The summed E-state index contributed by atoms with van der Waals surface area (Å²) in [6.07, 6.45) is 2.15. The Labute approximate surface area is 86.6 Å². The zero-order valence-electron chi connectivity index (χ0n) is 8.03. The summed E-state index contributed by atoms with van der Waals surface area (Å²) in [6.45, 7) is 1.61. The van der Waals surface area contributed by atoms with Crippen molar-refractivity contribution in [2.45, 2.75) is 18.9 Å². The van der Waals surface area contributed by atoms with E-state index >= 15 is 0 Å². The molecule has 0 amide bonds. The molecule has 0 saturated heterocycles. The van der Waals surface area contributed by atoms with Gasteiger partial charge in [-0.3, -0.25) is 0 Å². The molecule has 80 valence electrons. The van der Waals surface area contributed by atoms with Crippen LogP contribution in [0.2, 0.25) is 0 Å². The van der Waals surface area contributed by atoms with E-state index in [2.05, 4.69) is 10.3 Å². The van der Waals surface area contributed by atoms with Crippen molar-refractivity contribution in [3.63, 3.8) is 0 Å². The zero-order valence-corrected chi connectivity index (χ0v) is 8.84. The lowest BCUT2D eigenvalue weighted by molar-refractivity contribution is 0.132. The van der Waals surface area contributed by atoms with Crippen molar-refractivity contribution in [2.24, 2.45) is 0 Å². The average molecular weight is 217 g/mol. The van der Waals surface area contributed by atoms with Gasteiger partial charge in [0.05, 0.1) is 24.9 Å². The summed E-state index contributed by atoms with van der Waals surface area (Å²) in [7, 11) is 0. The first kappa shape index (κ1) is 11.2. The quantitative estimate of drug-likeness (QED) is 0.568. The molecule has 0 atom stereocenters. The molecular formula is C8H15N3O2S. The maximum atomic E-state index is 9.17. The number of hydrogen-bond donors (Lipinski definition) is 4. The normalized spacial score (nSPS) is 11.6. The lowest BCUT2D eigenvalue weighted by Crippen LogP contribution is -2.45. The topological polar surface area (TPSA) is 91.4 Å².